The van der Waals surface area contributed by atoms with E-state index in [1.807, 2.05) is 0 Å². The molecule has 0 aliphatic heterocycles. The summed E-state index contributed by atoms with van der Waals surface area (Å²) in [5.74, 6) is 3.79. The second-order valence-corrected chi connectivity index (χ2v) is 11.4. The van der Waals surface area contributed by atoms with Crippen molar-refractivity contribution in [1.82, 2.24) is 0 Å². The van der Waals surface area contributed by atoms with Crippen molar-refractivity contribution >= 4 is 0 Å². The first-order chi connectivity index (χ1) is 13.3. The molecule has 1 heteroatoms. The molecular weight excluding hydrogens is 340 g/mol. The number of allylic oxidation sites excluding steroid dienone is 5. The van der Waals surface area contributed by atoms with E-state index in [-0.39, 0.29) is 6.10 Å². The van der Waals surface area contributed by atoms with Crippen molar-refractivity contribution in [2.45, 2.75) is 92.1 Å². The third-order valence-electron chi connectivity index (χ3n) is 9.65. The molecule has 4 rings (SSSR count). The summed E-state index contributed by atoms with van der Waals surface area (Å²) in [6, 6.07) is 0. The molecule has 3 saturated carbocycles. The van der Waals surface area contributed by atoms with E-state index in [0.717, 1.165) is 36.5 Å². The fraction of sp³-hybridized carbons (Fsp3) is 0.778. The lowest BCUT2D eigenvalue weighted by atomic mass is 9.50. The third-order valence-corrected chi connectivity index (χ3v) is 9.65. The quantitative estimate of drug-likeness (QED) is 0.515. The predicted octanol–water partition coefficient (Wildman–Crippen LogP) is 7.08. The first kappa shape index (κ1) is 20.5. The van der Waals surface area contributed by atoms with Crippen LogP contribution in [-0.4, -0.2) is 11.2 Å². The van der Waals surface area contributed by atoms with Crippen molar-refractivity contribution in [2.24, 2.45) is 40.4 Å². The summed E-state index contributed by atoms with van der Waals surface area (Å²) < 4.78 is 0. The Bertz CT molecular complexity index is 682. The van der Waals surface area contributed by atoms with Crippen molar-refractivity contribution in [3.63, 3.8) is 0 Å². The van der Waals surface area contributed by atoms with E-state index in [1.165, 1.54) is 44.1 Å². The largest absolute Gasteiger partial charge is 0.393 e. The summed E-state index contributed by atoms with van der Waals surface area (Å²) in [7, 11) is 0. The number of hydrogen-bond acceptors (Lipinski definition) is 1. The van der Waals surface area contributed by atoms with Gasteiger partial charge in [0.25, 0.3) is 0 Å². The highest BCUT2D eigenvalue weighted by Gasteiger charge is 2.55. The molecule has 28 heavy (non-hydrogen) atoms. The van der Waals surface area contributed by atoms with Crippen molar-refractivity contribution in [3.8, 4) is 0 Å². The SMILES string of the molecule is CC(C)[C@@H](C)/C=C/C[C@H]1CC[C@H]2C3=CC=C4C[C@@H](O)CC[C@]4(C)[C@H]3CC[C@]12C. The Balaban J connectivity index is 1.53. The molecule has 0 spiro atoms. The maximum atomic E-state index is 10.2. The molecule has 3 fully saturated rings. The van der Waals surface area contributed by atoms with Gasteiger partial charge in [0.15, 0.2) is 0 Å². The van der Waals surface area contributed by atoms with E-state index in [2.05, 4.69) is 58.9 Å². The number of rotatable bonds is 4. The fourth-order valence-electron chi connectivity index (χ4n) is 7.16. The number of fused-ring (bicyclic) bond motifs is 5. The van der Waals surface area contributed by atoms with Crippen LogP contribution >= 0.6 is 0 Å². The van der Waals surface area contributed by atoms with Gasteiger partial charge in [-0.05, 0) is 91.8 Å². The van der Waals surface area contributed by atoms with Crippen molar-refractivity contribution in [1.29, 1.82) is 0 Å². The summed E-state index contributed by atoms with van der Waals surface area (Å²) >= 11 is 0. The van der Waals surface area contributed by atoms with Crippen LogP contribution in [0.5, 0.6) is 0 Å². The van der Waals surface area contributed by atoms with E-state index in [1.54, 1.807) is 5.57 Å². The first-order valence-corrected chi connectivity index (χ1v) is 12.0. The first-order valence-electron chi connectivity index (χ1n) is 12.0. The molecule has 4 aliphatic carbocycles. The number of hydrogen-bond donors (Lipinski definition) is 1. The van der Waals surface area contributed by atoms with Gasteiger partial charge < -0.3 is 5.11 Å². The summed E-state index contributed by atoms with van der Waals surface area (Å²) in [6.07, 6.45) is 19.6. The molecule has 4 aliphatic rings. The van der Waals surface area contributed by atoms with Crippen LogP contribution in [0.2, 0.25) is 0 Å². The van der Waals surface area contributed by atoms with Crippen LogP contribution in [0.15, 0.2) is 35.5 Å². The topological polar surface area (TPSA) is 20.2 Å². The van der Waals surface area contributed by atoms with Gasteiger partial charge in [0, 0.05) is 0 Å². The van der Waals surface area contributed by atoms with Crippen LogP contribution < -0.4 is 0 Å². The van der Waals surface area contributed by atoms with Gasteiger partial charge in [-0.3, -0.25) is 0 Å². The van der Waals surface area contributed by atoms with E-state index >= 15 is 0 Å². The van der Waals surface area contributed by atoms with Gasteiger partial charge in [0.1, 0.15) is 0 Å². The second-order valence-electron chi connectivity index (χ2n) is 11.4. The van der Waals surface area contributed by atoms with Crippen LogP contribution in [0.25, 0.3) is 0 Å². The zero-order valence-electron chi connectivity index (χ0n) is 18.9. The predicted molar refractivity (Wildman–Crippen MR) is 119 cm³/mol. The van der Waals surface area contributed by atoms with Gasteiger partial charge in [-0.2, -0.15) is 0 Å². The zero-order chi connectivity index (χ0) is 20.1. The molecule has 0 radical (unpaired) electrons. The Morgan fingerprint density at radius 1 is 1.04 bits per heavy atom. The molecule has 0 aromatic heterocycles. The van der Waals surface area contributed by atoms with E-state index < -0.39 is 0 Å². The fourth-order valence-corrected chi connectivity index (χ4v) is 7.16. The Morgan fingerprint density at radius 2 is 1.82 bits per heavy atom. The van der Waals surface area contributed by atoms with Crippen LogP contribution in [0.4, 0.5) is 0 Å². The maximum absolute atomic E-state index is 10.2. The smallest absolute Gasteiger partial charge is 0.0578 e. The lowest BCUT2D eigenvalue weighted by Crippen LogP contribution is -2.45. The van der Waals surface area contributed by atoms with Crippen molar-refractivity contribution < 1.29 is 5.11 Å². The maximum Gasteiger partial charge on any atom is 0.0578 e. The minimum absolute atomic E-state index is 0.112. The van der Waals surface area contributed by atoms with E-state index in [4.69, 9.17) is 0 Å². The summed E-state index contributed by atoms with van der Waals surface area (Å²) in [5, 5.41) is 10.2. The summed E-state index contributed by atoms with van der Waals surface area (Å²) in [4.78, 5) is 0. The molecule has 0 heterocycles. The summed E-state index contributed by atoms with van der Waals surface area (Å²) in [6.45, 7) is 12.1. The Labute approximate surface area is 173 Å². The summed E-state index contributed by atoms with van der Waals surface area (Å²) in [5.41, 5.74) is 4.11. The third kappa shape index (κ3) is 3.26. The lowest BCUT2D eigenvalue weighted by molar-refractivity contribution is 0.0453. The van der Waals surface area contributed by atoms with Gasteiger partial charge in [0.05, 0.1) is 6.10 Å². The lowest BCUT2D eigenvalue weighted by Gasteiger charge is -2.54. The van der Waals surface area contributed by atoms with E-state index in [0.29, 0.717) is 16.7 Å². The number of aliphatic hydroxyl groups is 1. The molecule has 0 aromatic carbocycles. The average Bonchev–Trinajstić information content (AvgIpc) is 2.99. The Morgan fingerprint density at radius 3 is 2.57 bits per heavy atom. The number of aliphatic hydroxyl groups excluding tert-OH is 1. The van der Waals surface area contributed by atoms with Crippen LogP contribution in [0.1, 0.15) is 86.0 Å². The molecule has 1 nitrogen and oxygen atoms in total. The van der Waals surface area contributed by atoms with Gasteiger partial charge in [0.2, 0.25) is 0 Å². The molecule has 7 atom stereocenters. The van der Waals surface area contributed by atoms with Crippen LogP contribution in [-0.2, 0) is 0 Å². The molecule has 0 amide bonds. The zero-order valence-corrected chi connectivity index (χ0v) is 18.9. The standard InChI is InChI=1S/C27H42O/c1-18(2)19(3)7-6-8-20-10-12-24-23-11-9-21-17-22(28)13-15-27(21,5)25(23)14-16-26(20,24)4/h6-7,9,11,18-20,22,24-25,28H,8,10,12-17H2,1-5H3/b7-6+/t19-,20-,22-,24-,25-,26+,27-/m0/s1. The van der Waals surface area contributed by atoms with Gasteiger partial charge in [-0.15, -0.1) is 0 Å². The van der Waals surface area contributed by atoms with Crippen molar-refractivity contribution in [2.75, 3.05) is 0 Å². The highest BCUT2D eigenvalue weighted by atomic mass is 16.3. The molecule has 0 bridgehead atoms. The highest BCUT2D eigenvalue weighted by molar-refractivity contribution is 5.38. The molecule has 0 aromatic rings. The molecule has 0 saturated heterocycles. The monoisotopic (exact) mass is 382 g/mol. The molecular formula is C27H42O. The van der Waals surface area contributed by atoms with Gasteiger partial charge in [-0.1, -0.05) is 70.1 Å². The molecule has 1 N–H and O–H groups in total. The Kier molecular flexibility index (Phi) is 5.45. The molecule has 156 valence electrons. The van der Waals surface area contributed by atoms with E-state index in [9.17, 15) is 5.11 Å². The van der Waals surface area contributed by atoms with Gasteiger partial charge in [-0.25, -0.2) is 0 Å². The second kappa shape index (κ2) is 7.46. The highest BCUT2D eigenvalue weighted by Crippen LogP contribution is 2.65. The van der Waals surface area contributed by atoms with Crippen LogP contribution in [0, 0.1) is 40.4 Å². The minimum atomic E-state index is -0.112. The van der Waals surface area contributed by atoms with Gasteiger partial charge >= 0.3 is 0 Å². The average molecular weight is 383 g/mol. The molecule has 0 unspecified atom stereocenters. The van der Waals surface area contributed by atoms with Crippen molar-refractivity contribution in [3.05, 3.63) is 35.5 Å². The Hall–Kier alpha value is -0.820. The normalized spacial score (nSPS) is 44.0. The minimum Gasteiger partial charge on any atom is -0.393 e. The van der Waals surface area contributed by atoms with Crippen LogP contribution in [0.3, 0.4) is 0 Å².